The highest BCUT2D eigenvalue weighted by Crippen LogP contribution is 2.36. The third kappa shape index (κ3) is 4.34. The summed E-state index contributed by atoms with van der Waals surface area (Å²) in [6.45, 7) is 11.3. The van der Waals surface area contributed by atoms with E-state index >= 15 is 0 Å². The zero-order valence-corrected chi connectivity index (χ0v) is 17.4. The van der Waals surface area contributed by atoms with E-state index in [0.29, 0.717) is 23.4 Å². The molecule has 0 spiro atoms. The van der Waals surface area contributed by atoms with Crippen molar-refractivity contribution in [1.29, 1.82) is 0 Å². The van der Waals surface area contributed by atoms with Gasteiger partial charge in [0.05, 0.1) is 12.0 Å². The summed E-state index contributed by atoms with van der Waals surface area (Å²) in [7, 11) is 0. The molecule has 0 bridgehead atoms. The molecule has 0 radical (unpaired) electrons. The lowest BCUT2D eigenvalue weighted by molar-refractivity contribution is -0.118. The van der Waals surface area contributed by atoms with Gasteiger partial charge in [0.1, 0.15) is 5.82 Å². The minimum Gasteiger partial charge on any atom is -0.378 e. The molecule has 1 aromatic rings. The average molecular weight is 400 g/mol. The fourth-order valence-electron chi connectivity index (χ4n) is 3.97. The van der Waals surface area contributed by atoms with Gasteiger partial charge in [0.2, 0.25) is 11.8 Å². The van der Waals surface area contributed by atoms with Crippen LogP contribution in [-0.2, 0) is 9.59 Å². The molecule has 0 saturated heterocycles. The summed E-state index contributed by atoms with van der Waals surface area (Å²) in [4.78, 5) is 27.4. The van der Waals surface area contributed by atoms with Crippen molar-refractivity contribution in [2.24, 2.45) is 0 Å². The lowest BCUT2D eigenvalue weighted by Crippen LogP contribution is -2.37. The Labute approximate surface area is 171 Å². The normalized spacial score (nSPS) is 22.1. The molecule has 1 aromatic carbocycles. The van der Waals surface area contributed by atoms with Crippen molar-refractivity contribution >= 4 is 17.5 Å². The van der Waals surface area contributed by atoms with Gasteiger partial charge in [0, 0.05) is 30.0 Å². The molecule has 3 N–H and O–H groups in total. The Bertz CT molecular complexity index is 874. The van der Waals surface area contributed by atoms with Gasteiger partial charge >= 0.3 is 0 Å². The number of fused-ring (bicyclic) bond motifs is 1. The SMILES string of the molecule is CCN(CC)CCNC(=O)C1=C(C)/C(=C/C2C(=O)Nc3ccc(F)cc32)NC1C. The first-order chi connectivity index (χ1) is 13.8. The summed E-state index contributed by atoms with van der Waals surface area (Å²) >= 11 is 0. The van der Waals surface area contributed by atoms with Crippen LogP contribution in [0.5, 0.6) is 0 Å². The van der Waals surface area contributed by atoms with E-state index in [0.717, 1.165) is 30.9 Å². The van der Waals surface area contributed by atoms with Gasteiger partial charge in [-0.05, 0) is 62.3 Å². The van der Waals surface area contributed by atoms with E-state index in [-0.39, 0.29) is 23.7 Å². The number of halogens is 1. The van der Waals surface area contributed by atoms with Crippen LogP contribution in [0.25, 0.3) is 0 Å². The molecule has 7 heteroatoms. The van der Waals surface area contributed by atoms with Crippen LogP contribution in [0.2, 0.25) is 0 Å². The molecule has 3 rings (SSSR count). The molecule has 156 valence electrons. The predicted molar refractivity (Wildman–Crippen MR) is 112 cm³/mol. The predicted octanol–water partition coefficient (Wildman–Crippen LogP) is 2.51. The maximum absolute atomic E-state index is 13.7. The van der Waals surface area contributed by atoms with Crippen LogP contribution in [0.1, 0.15) is 39.2 Å². The Morgan fingerprint density at radius 2 is 2.03 bits per heavy atom. The largest absolute Gasteiger partial charge is 0.378 e. The Morgan fingerprint density at radius 1 is 1.31 bits per heavy atom. The van der Waals surface area contributed by atoms with Gasteiger partial charge in [-0.25, -0.2) is 4.39 Å². The van der Waals surface area contributed by atoms with Crippen molar-refractivity contribution < 1.29 is 14.0 Å². The maximum Gasteiger partial charge on any atom is 0.249 e. The number of hydrogen-bond acceptors (Lipinski definition) is 4. The monoisotopic (exact) mass is 400 g/mol. The van der Waals surface area contributed by atoms with Crippen LogP contribution in [-0.4, -0.2) is 48.9 Å². The molecule has 29 heavy (non-hydrogen) atoms. The van der Waals surface area contributed by atoms with Crippen molar-refractivity contribution in [1.82, 2.24) is 15.5 Å². The van der Waals surface area contributed by atoms with Gasteiger partial charge in [-0.3, -0.25) is 9.59 Å². The van der Waals surface area contributed by atoms with Crippen LogP contribution in [0.15, 0.2) is 41.1 Å². The second kappa shape index (κ2) is 8.78. The molecule has 2 unspecified atom stereocenters. The summed E-state index contributed by atoms with van der Waals surface area (Å²) < 4.78 is 13.7. The van der Waals surface area contributed by atoms with Gasteiger partial charge in [-0.1, -0.05) is 13.8 Å². The minimum absolute atomic E-state index is 0.0969. The van der Waals surface area contributed by atoms with E-state index in [1.807, 2.05) is 13.8 Å². The molecule has 2 aliphatic rings. The van der Waals surface area contributed by atoms with E-state index in [9.17, 15) is 14.0 Å². The number of likely N-dealkylation sites (N-methyl/N-ethyl adjacent to an activating group) is 1. The second-order valence-electron chi connectivity index (χ2n) is 7.47. The van der Waals surface area contributed by atoms with Crippen LogP contribution in [0, 0.1) is 5.82 Å². The number of carbonyl (C=O) groups excluding carboxylic acids is 2. The van der Waals surface area contributed by atoms with E-state index in [1.165, 1.54) is 12.1 Å². The Kier molecular flexibility index (Phi) is 6.37. The van der Waals surface area contributed by atoms with Gasteiger partial charge in [0.15, 0.2) is 0 Å². The second-order valence-corrected chi connectivity index (χ2v) is 7.47. The quantitative estimate of drug-likeness (QED) is 0.658. The number of carbonyl (C=O) groups is 2. The number of anilines is 1. The van der Waals surface area contributed by atoms with E-state index < -0.39 is 5.92 Å². The van der Waals surface area contributed by atoms with Crippen molar-refractivity contribution in [2.75, 3.05) is 31.5 Å². The summed E-state index contributed by atoms with van der Waals surface area (Å²) in [5, 5.41) is 9.07. The number of amides is 2. The van der Waals surface area contributed by atoms with Gasteiger partial charge in [-0.15, -0.1) is 0 Å². The molecular weight excluding hydrogens is 371 g/mol. The Hall–Kier alpha value is -2.67. The van der Waals surface area contributed by atoms with Crippen LogP contribution >= 0.6 is 0 Å². The lowest BCUT2D eigenvalue weighted by Gasteiger charge is -2.18. The number of allylic oxidation sites excluding steroid dienone is 1. The standard InChI is InChI=1S/C22H29FN4O2/c1-5-27(6-2)10-9-24-22(29)20-13(3)19(25-14(20)4)12-17-16-11-15(23)7-8-18(16)26-21(17)28/h7-8,11-12,14,17,25H,5-6,9-10H2,1-4H3,(H,24,29)(H,26,28)/b19-12-. The van der Waals surface area contributed by atoms with Crippen molar-refractivity contribution in [3.05, 3.63) is 52.5 Å². The molecule has 2 heterocycles. The Balaban J connectivity index is 1.77. The highest BCUT2D eigenvalue weighted by atomic mass is 19.1. The van der Waals surface area contributed by atoms with Gasteiger partial charge in [0.25, 0.3) is 0 Å². The van der Waals surface area contributed by atoms with Crippen LogP contribution < -0.4 is 16.0 Å². The zero-order valence-electron chi connectivity index (χ0n) is 17.4. The summed E-state index contributed by atoms with van der Waals surface area (Å²) in [6, 6.07) is 4.12. The van der Waals surface area contributed by atoms with Gasteiger partial charge in [-0.2, -0.15) is 0 Å². The molecule has 2 aliphatic heterocycles. The van der Waals surface area contributed by atoms with Crippen molar-refractivity contribution in [2.45, 2.75) is 39.7 Å². The van der Waals surface area contributed by atoms with E-state index in [4.69, 9.17) is 0 Å². The minimum atomic E-state index is -0.588. The first kappa shape index (κ1) is 21.0. The first-order valence-corrected chi connectivity index (χ1v) is 10.2. The molecular formula is C22H29FN4O2. The van der Waals surface area contributed by atoms with Crippen LogP contribution in [0.4, 0.5) is 10.1 Å². The fraction of sp³-hybridized carbons (Fsp3) is 0.455. The smallest absolute Gasteiger partial charge is 0.249 e. The molecule has 2 atom stereocenters. The number of benzene rings is 1. The lowest BCUT2D eigenvalue weighted by atomic mass is 9.97. The zero-order chi connectivity index (χ0) is 21.1. The number of nitrogens with zero attached hydrogens (tertiary/aromatic N) is 1. The molecule has 0 aromatic heterocycles. The van der Waals surface area contributed by atoms with Crippen molar-refractivity contribution in [3.8, 4) is 0 Å². The summed E-state index contributed by atoms with van der Waals surface area (Å²) in [5.41, 5.74) is 3.47. The number of rotatable bonds is 7. The van der Waals surface area contributed by atoms with Crippen LogP contribution in [0.3, 0.4) is 0 Å². The average Bonchev–Trinajstić information content (AvgIpc) is 3.14. The van der Waals surface area contributed by atoms with E-state index in [2.05, 4.69) is 34.7 Å². The number of nitrogens with one attached hydrogen (secondary N) is 3. The third-order valence-electron chi connectivity index (χ3n) is 5.69. The Morgan fingerprint density at radius 3 is 2.72 bits per heavy atom. The summed E-state index contributed by atoms with van der Waals surface area (Å²) in [5.74, 6) is -1.26. The molecule has 0 saturated carbocycles. The molecule has 0 aliphatic carbocycles. The summed E-state index contributed by atoms with van der Waals surface area (Å²) in [6.07, 6.45) is 1.78. The third-order valence-corrected chi connectivity index (χ3v) is 5.69. The topological polar surface area (TPSA) is 73.5 Å². The highest BCUT2D eigenvalue weighted by Gasteiger charge is 2.33. The fourth-order valence-corrected chi connectivity index (χ4v) is 3.97. The highest BCUT2D eigenvalue weighted by molar-refractivity contribution is 6.04. The number of hydrogen-bond donors (Lipinski definition) is 3. The van der Waals surface area contributed by atoms with Crippen molar-refractivity contribution in [3.63, 3.8) is 0 Å². The molecule has 2 amide bonds. The van der Waals surface area contributed by atoms with E-state index in [1.54, 1.807) is 12.1 Å². The molecule has 0 fully saturated rings. The first-order valence-electron chi connectivity index (χ1n) is 10.2. The maximum atomic E-state index is 13.7. The molecule has 6 nitrogen and oxygen atoms in total. The van der Waals surface area contributed by atoms with Gasteiger partial charge < -0.3 is 20.9 Å².